The summed E-state index contributed by atoms with van der Waals surface area (Å²) >= 11 is 0. The van der Waals surface area contributed by atoms with E-state index < -0.39 is 0 Å². The maximum atomic E-state index is 10.4. The summed E-state index contributed by atoms with van der Waals surface area (Å²) in [4.78, 5) is 1.42. The van der Waals surface area contributed by atoms with Gasteiger partial charge in [-0.15, -0.1) is 15.0 Å². The van der Waals surface area contributed by atoms with Crippen molar-refractivity contribution in [3.63, 3.8) is 0 Å². The lowest BCUT2D eigenvalue weighted by Gasteiger charge is -2.12. The first kappa shape index (κ1) is 15.3. The fourth-order valence-electron chi connectivity index (χ4n) is 2.34. The molecule has 6 heteroatoms. The highest BCUT2D eigenvalue weighted by molar-refractivity contribution is 5.73. The summed E-state index contributed by atoms with van der Waals surface area (Å²) in [6, 6.07) is 11.1. The lowest BCUT2D eigenvalue weighted by atomic mass is 10.1. The summed E-state index contributed by atoms with van der Waals surface area (Å²) in [5, 5.41) is 19.2. The molecule has 120 valence electrons. The molecular formula is C17H20N4O2. The van der Waals surface area contributed by atoms with Crippen LogP contribution >= 0.6 is 0 Å². The zero-order valence-corrected chi connectivity index (χ0v) is 13.1. The maximum Gasteiger partial charge on any atom is 0.147 e. The topological polar surface area (TPSA) is 86.2 Å². The number of hydrogen-bond acceptors (Lipinski definition) is 5. The van der Waals surface area contributed by atoms with Crippen LogP contribution in [0.2, 0.25) is 0 Å². The normalized spacial score (nSPS) is 11.0. The van der Waals surface area contributed by atoms with E-state index in [9.17, 15) is 5.11 Å². The molecule has 0 bridgehead atoms. The zero-order chi connectivity index (χ0) is 16.2. The first-order valence-corrected chi connectivity index (χ1v) is 7.74. The highest BCUT2D eigenvalue weighted by Crippen LogP contribution is 2.31. The third kappa shape index (κ3) is 3.12. The molecule has 3 N–H and O–H groups in total. The Bertz CT molecular complexity index is 780. The second-order valence-corrected chi connectivity index (χ2v) is 5.33. The van der Waals surface area contributed by atoms with E-state index in [1.165, 1.54) is 4.80 Å². The Morgan fingerprint density at radius 1 is 1.17 bits per heavy atom. The summed E-state index contributed by atoms with van der Waals surface area (Å²) in [6.07, 6.45) is 2.03. The SMILES string of the molecule is CCCCOc1cc(CN)c(O)c(-n2nc3ccccc3n2)c1. The van der Waals surface area contributed by atoms with E-state index in [1.54, 1.807) is 12.1 Å². The average molecular weight is 312 g/mol. The monoisotopic (exact) mass is 312 g/mol. The Balaban J connectivity index is 2.03. The molecule has 6 nitrogen and oxygen atoms in total. The van der Waals surface area contributed by atoms with Crippen LogP contribution in [0.15, 0.2) is 36.4 Å². The quantitative estimate of drug-likeness (QED) is 0.684. The van der Waals surface area contributed by atoms with Crippen LogP contribution in [0.5, 0.6) is 11.5 Å². The molecule has 23 heavy (non-hydrogen) atoms. The first-order valence-electron chi connectivity index (χ1n) is 7.74. The van der Waals surface area contributed by atoms with Crippen LogP contribution in [-0.2, 0) is 6.54 Å². The van der Waals surface area contributed by atoms with E-state index >= 15 is 0 Å². The fraction of sp³-hybridized carbons (Fsp3) is 0.294. The van der Waals surface area contributed by atoms with Gasteiger partial charge in [0.15, 0.2) is 0 Å². The van der Waals surface area contributed by atoms with Crippen molar-refractivity contribution in [1.82, 2.24) is 15.0 Å². The number of unbranched alkanes of at least 4 members (excludes halogenated alkanes) is 1. The van der Waals surface area contributed by atoms with Gasteiger partial charge in [-0.1, -0.05) is 25.5 Å². The van der Waals surface area contributed by atoms with Crippen molar-refractivity contribution in [2.45, 2.75) is 26.3 Å². The predicted octanol–water partition coefficient (Wildman–Crippen LogP) is 2.76. The number of aromatic nitrogens is 3. The third-order valence-corrected chi connectivity index (χ3v) is 3.63. The molecule has 0 saturated carbocycles. The Morgan fingerprint density at radius 3 is 2.48 bits per heavy atom. The van der Waals surface area contributed by atoms with Crippen molar-refractivity contribution in [2.24, 2.45) is 5.73 Å². The van der Waals surface area contributed by atoms with Crippen molar-refractivity contribution in [3.8, 4) is 17.2 Å². The molecule has 3 rings (SSSR count). The number of nitrogens with zero attached hydrogens (tertiary/aromatic N) is 3. The van der Waals surface area contributed by atoms with Gasteiger partial charge in [-0.05, 0) is 24.6 Å². The van der Waals surface area contributed by atoms with E-state index in [0.717, 1.165) is 23.9 Å². The Morgan fingerprint density at radius 2 is 1.87 bits per heavy atom. The summed E-state index contributed by atoms with van der Waals surface area (Å²) in [6.45, 7) is 2.94. The van der Waals surface area contributed by atoms with Crippen LogP contribution in [0.3, 0.4) is 0 Å². The maximum absolute atomic E-state index is 10.4. The van der Waals surface area contributed by atoms with Gasteiger partial charge in [0.25, 0.3) is 0 Å². The third-order valence-electron chi connectivity index (χ3n) is 3.63. The van der Waals surface area contributed by atoms with E-state index in [-0.39, 0.29) is 12.3 Å². The molecule has 0 unspecified atom stereocenters. The molecule has 0 aliphatic heterocycles. The van der Waals surface area contributed by atoms with Gasteiger partial charge in [0, 0.05) is 18.2 Å². The molecule has 0 amide bonds. The largest absolute Gasteiger partial charge is 0.505 e. The van der Waals surface area contributed by atoms with Crippen LogP contribution in [0.4, 0.5) is 0 Å². The smallest absolute Gasteiger partial charge is 0.147 e. The van der Waals surface area contributed by atoms with Crippen LogP contribution in [-0.4, -0.2) is 26.7 Å². The average Bonchev–Trinajstić information content (AvgIpc) is 3.00. The highest BCUT2D eigenvalue weighted by Gasteiger charge is 2.14. The molecule has 0 radical (unpaired) electrons. The molecule has 0 aliphatic rings. The number of phenolic OH excluding ortho intramolecular Hbond substituents is 1. The van der Waals surface area contributed by atoms with Crippen LogP contribution in [0.1, 0.15) is 25.3 Å². The fourth-order valence-corrected chi connectivity index (χ4v) is 2.34. The predicted molar refractivity (Wildman–Crippen MR) is 88.8 cm³/mol. The lowest BCUT2D eigenvalue weighted by molar-refractivity contribution is 0.308. The van der Waals surface area contributed by atoms with Gasteiger partial charge in [0.05, 0.1) is 6.61 Å². The molecule has 1 heterocycles. The van der Waals surface area contributed by atoms with Crippen molar-refractivity contribution in [2.75, 3.05) is 6.61 Å². The van der Waals surface area contributed by atoms with E-state index in [2.05, 4.69) is 17.1 Å². The minimum absolute atomic E-state index is 0.0793. The number of hydrogen-bond donors (Lipinski definition) is 2. The number of rotatable bonds is 6. The van der Waals surface area contributed by atoms with Gasteiger partial charge in [-0.25, -0.2) is 0 Å². The van der Waals surface area contributed by atoms with Gasteiger partial charge >= 0.3 is 0 Å². The summed E-state index contributed by atoms with van der Waals surface area (Å²) in [7, 11) is 0. The van der Waals surface area contributed by atoms with E-state index in [4.69, 9.17) is 10.5 Å². The van der Waals surface area contributed by atoms with Crippen molar-refractivity contribution >= 4 is 11.0 Å². The second kappa shape index (κ2) is 6.66. The first-order chi connectivity index (χ1) is 11.2. The number of phenols is 1. The van der Waals surface area contributed by atoms with Crippen molar-refractivity contribution < 1.29 is 9.84 Å². The number of ether oxygens (including phenoxy) is 1. The lowest BCUT2D eigenvalue weighted by Crippen LogP contribution is -2.06. The number of fused-ring (bicyclic) bond motifs is 1. The molecule has 1 aromatic heterocycles. The molecule has 0 atom stereocenters. The van der Waals surface area contributed by atoms with E-state index in [1.807, 2.05) is 24.3 Å². The summed E-state index contributed by atoms with van der Waals surface area (Å²) < 4.78 is 5.74. The Labute approximate surface area is 134 Å². The molecule has 0 spiro atoms. The second-order valence-electron chi connectivity index (χ2n) is 5.33. The van der Waals surface area contributed by atoms with Crippen molar-refractivity contribution in [3.05, 3.63) is 42.0 Å². The number of benzene rings is 2. The Hall–Kier alpha value is -2.60. The molecule has 0 fully saturated rings. The summed E-state index contributed by atoms with van der Waals surface area (Å²) in [5.41, 5.74) is 8.33. The zero-order valence-electron chi connectivity index (χ0n) is 13.1. The number of nitrogens with two attached hydrogens (primary N) is 1. The van der Waals surface area contributed by atoms with Gasteiger partial charge in [0.1, 0.15) is 28.2 Å². The van der Waals surface area contributed by atoms with Crippen LogP contribution in [0.25, 0.3) is 16.7 Å². The Kier molecular flexibility index (Phi) is 4.43. The van der Waals surface area contributed by atoms with Gasteiger partial charge in [-0.3, -0.25) is 0 Å². The molecule has 0 saturated heterocycles. The molecular weight excluding hydrogens is 292 g/mol. The van der Waals surface area contributed by atoms with Gasteiger partial charge in [0.2, 0.25) is 0 Å². The van der Waals surface area contributed by atoms with Gasteiger partial charge in [-0.2, -0.15) is 0 Å². The minimum atomic E-state index is 0.0793. The number of aromatic hydroxyl groups is 1. The summed E-state index contributed by atoms with van der Waals surface area (Å²) in [5.74, 6) is 0.740. The van der Waals surface area contributed by atoms with Gasteiger partial charge < -0.3 is 15.6 Å². The standard InChI is InChI=1S/C17H20N4O2/c1-2-3-8-23-13-9-12(11-18)17(22)16(10-13)21-19-14-6-4-5-7-15(14)20-21/h4-7,9-10,22H,2-3,8,11,18H2,1H3. The van der Waals surface area contributed by atoms with Crippen LogP contribution < -0.4 is 10.5 Å². The van der Waals surface area contributed by atoms with E-state index in [0.29, 0.717) is 23.6 Å². The molecule has 3 aromatic rings. The minimum Gasteiger partial charge on any atom is -0.505 e. The highest BCUT2D eigenvalue weighted by atomic mass is 16.5. The van der Waals surface area contributed by atoms with Crippen LogP contribution in [0, 0.1) is 0 Å². The molecule has 2 aromatic carbocycles. The molecule has 0 aliphatic carbocycles. The van der Waals surface area contributed by atoms with Crippen molar-refractivity contribution in [1.29, 1.82) is 0 Å².